The molecular formula is C22H23F4N7O3. The molecule has 0 radical (unpaired) electrons. The lowest BCUT2D eigenvalue weighted by Crippen LogP contribution is -2.51. The monoisotopic (exact) mass is 509 g/mol. The number of nitrogens with one attached hydrogen (secondary N) is 2. The van der Waals surface area contributed by atoms with Crippen molar-refractivity contribution in [2.75, 3.05) is 10.6 Å². The van der Waals surface area contributed by atoms with Crippen molar-refractivity contribution in [2.45, 2.75) is 45.1 Å². The molecule has 1 amide bonds. The second-order valence-corrected chi connectivity index (χ2v) is 8.88. The highest BCUT2D eigenvalue weighted by molar-refractivity contribution is 5.96. The molecule has 3 N–H and O–H groups in total. The fraction of sp³-hybridized carbons (Fsp3) is 0.409. The summed E-state index contributed by atoms with van der Waals surface area (Å²) in [4.78, 5) is 19.9. The summed E-state index contributed by atoms with van der Waals surface area (Å²) in [6, 6.07) is 3.96. The van der Waals surface area contributed by atoms with Gasteiger partial charge in [-0.3, -0.25) is 9.78 Å². The van der Waals surface area contributed by atoms with Crippen LogP contribution in [0.1, 0.15) is 38.4 Å². The summed E-state index contributed by atoms with van der Waals surface area (Å²) in [7, 11) is 1.54. The van der Waals surface area contributed by atoms with E-state index in [4.69, 9.17) is 4.74 Å². The number of hydrogen-bond acceptors (Lipinski definition) is 8. The number of anilines is 2. The van der Waals surface area contributed by atoms with Crippen molar-refractivity contribution >= 4 is 17.4 Å². The van der Waals surface area contributed by atoms with E-state index in [0.29, 0.717) is 11.4 Å². The van der Waals surface area contributed by atoms with Gasteiger partial charge in [0.2, 0.25) is 24.2 Å². The molecule has 0 aliphatic heterocycles. The number of aliphatic hydroxyl groups excluding tert-OH is 1. The second kappa shape index (κ2) is 9.43. The van der Waals surface area contributed by atoms with Crippen molar-refractivity contribution < 1.29 is 32.2 Å². The lowest BCUT2D eigenvalue weighted by Gasteiger charge is -2.43. The smallest absolute Gasteiger partial charge is 0.250 e. The van der Waals surface area contributed by atoms with Gasteiger partial charge < -0.3 is 20.5 Å². The molecule has 36 heavy (non-hydrogen) atoms. The Hall–Kier alpha value is -3.65. The highest BCUT2D eigenvalue weighted by atomic mass is 19.3. The van der Waals surface area contributed by atoms with Crippen LogP contribution in [0.5, 0.6) is 0 Å². The maximum Gasteiger partial charge on any atom is 0.250 e. The van der Waals surface area contributed by atoms with Crippen LogP contribution in [0.4, 0.5) is 29.1 Å². The van der Waals surface area contributed by atoms with Crippen LogP contribution in [-0.4, -0.2) is 48.3 Å². The van der Waals surface area contributed by atoms with Crippen molar-refractivity contribution in [1.29, 1.82) is 0 Å². The van der Waals surface area contributed by atoms with Crippen LogP contribution < -0.4 is 10.6 Å². The van der Waals surface area contributed by atoms with Crippen molar-refractivity contribution in [3.05, 3.63) is 47.9 Å². The number of aryl methyl sites for hydroxylation is 1. The van der Waals surface area contributed by atoms with Crippen molar-refractivity contribution in [2.24, 2.45) is 12.5 Å². The van der Waals surface area contributed by atoms with Gasteiger partial charge in [0.25, 0.3) is 0 Å². The molecule has 0 spiro atoms. The van der Waals surface area contributed by atoms with Crippen molar-refractivity contribution in [3.63, 3.8) is 0 Å². The molecule has 0 bridgehead atoms. The quantitative estimate of drug-likeness (QED) is 0.240. The zero-order chi connectivity index (χ0) is 26.3. The van der Waals surface area contributed by atoms with E-state index >= 15 is 0 Å². The zero-order valence-corrected chi connectivity index (χ0v) is 19.5. The lowest BCUT2D eigenvalue weighted by molar-refractivity contribution is -0.170. The van der Waals surface area contributed by atoms with Gasteiger partial charge in [-0.25, -0.2) is 22.8 Å². The lowest BCUT2D eigenvalue weighted by atomic mass is 9.67. The number of halogens is 4. The van der Waals surface area contributed by atoms with Crippen molar-refractivity contribution in [3.8, 4) is 11.4 Å². The number of ether oxygens (including phenoxy) is 1. The molecule has 10 nitrogen and oxygen atoms in total. The number of rotatable bonds is 8. The molecule has 192 valence electrons. The predicted octanol–water partition coefficient (Wildman–Crippen LogP) is 3.39. The molecule has 1 aliphatic carbocycles. The number of pyridine rings is 2. The highest BCUT2D eigenvalue weighted by Crippen LogP contribution is 2.52. The molecule has 1 saturated carbocycles. The number of alkyl halides is 2. The van der Waals surface area contributed by atoms with Crippen LogP contribution in [0.15, 0.2) is 30.6 Å². The number of carbonyl (C=O) groups excluding carboxylic acids is 1. The van der Waals surface area contributed by atoms with Crippen LogP contribution in [0, 0.1) is 17.2 Å². The summed E-state index contributed by atoms with van der Waals surface area (Å²) >= 11 is 0. The summed E-state index contributed by atoms with van der Waals surface area (Å²) in [5.41, 5.74) is -0.498. The van der Waals surface area contributed by atoms with Crippen LogP contribution in [0.3, 0.4) is 0 Å². The Kier molecular flexibility index (Phi) is 6.66. The highest BCUT2D eigenvalue weighted by Gasteiger charge is 2.57. The van der Waals surface area contributed by atoms with E-state index in [9.17, 15) is 27.5 Å². The second-order valence-electron chi connectivity index (χ2n) is 8.88. The molecule has 3 heterocycles. The normalized spacial score (nSPS) is 17.7. The number of amides is 1. The summed E-state index contributed by atoms with van der Waals surface area (Å²) in [6.07, 6.45) is -1.70. The van der Waals surface area contributed by atoms with Gasteiger partial charge in [0, 0.05) is 25.5 Å². The van der Waals surface area contributed by atoms with Crippen LogP contribution in [0.2, 0.25) is 0 Å². The van der Waals surface area contributed by atoms with Crippen LogP contribution in [-0.2, 0) is 16.6 Å². The van der Waals surface area contributed by atoms with Gasteiger partial charge in [0.1, 0.15) is 5.82 Å². The molecule has 14 heteroatoms. The Morgan fingerprint density at radius 3 is 2.58 bits per heavy atom. The molecule has 0 saturated heterocycles. The number of nitrogens with zero attached hydrogens (tertiary/aromatic N) is 5. The summed E-state index contributed by atoms with van der Waals surface area (Å²) in [5, 5.41) is 23.4. The number of carbonyl (C=O) groups is 1. The maximum atomic E-state index is 13.9. The zero-order valence-electron chi connectivity index (χ0n) is 19.5. The molecule has 1 aliphatic rings. The summed E-state index contributed by atoms with van der Waals surface area (Å²) in [6.45, 7) is 2.89. The molecule has 1 fully saturated rings. The van der Waals surface area contributed by atoms with Gasteiger partial charge in [-0.1, -0.05) is 12.1 Å². The molecule has 1 unspecified atom stereocenters. The van der Waals surface area contributed by atoms with Gasteiger partial charge in [0.05, 0.1) is 35.3 Å². The minimum atomic E-state index is -2.84. The fourth-order valence-corrected chi connectivity index (χ4v) is 3.97. The number of hydrogen-bond donors (Lipinski definition) is 3. The first-order chi connectivity index (χ1) is 16.9. The van der Waals surface area contributed by atoms with E-state index in [1.165, 1.54) is 43.9 Å². The Bertz CT molecular complexity index is 1260. The summed E-state index contributed by atoms with van der Waals surface area (Å²) in [5.74, 6) is -4.86. The predicted molar refractivity (Wildman–Crippen MR) is 118 cm³/mol. The molecule has 3 aromatic heterocycles. The third-order valence-electron chi connectivity index (χ3n) is 5.80. The minimum absolute atomic E-state index is 0.182. The molecule has 4 rings (SSSR count). The molecule has 2 atom stereocenters. The molecule has 3 aromatic rings. The molecule has 0 aromatic carbocycles. The third-order valence-corrected chi connectivity index (χ3v) is 5.80. The largest absolute Gasteiger partial charge is 0.351 e. The van der Waals surface area contributed by atoms with E-state index in [2.05, 4.69) is 30.9 Å². The fourth-order valence-electron chi connectivity index (χ4n) is 3.97. The number of aromatic nitrogens is 5. The van der Waals surface area contributed by atoms with Gasteiger partial charge in [0.15, 0.2) is 11.5 Å². The van der Waals surface area contributed by atoms with Gasteiger partial charge >= 0.3 is 0 Å². The topological polar surface area (TPSA) is 127 Å². The first-order valence-corrected chi connectivity index (χ1v) is 10.8. The Labute approximate surface area is 202 Å². The summed E-state index contributed by atoms with van der Waals surface area (Å²) < 4.78 is 60.3. The van der Waals surface area contributed by atoms with E-state index < -0.39 is 54.4 Å². The standard InChI is InChI=1S/C22H23F4N7O3/c1-11(14-6-12(23)7-28-17(14)24)36-20(35)30-18-16(31-32-33(18)3)15-5-4-13(8-27-15)29-19(34)21(2)9-22(25,26)10-21/h4-8,11,20,30,35H,9-10H2,1-3H3,(H,29,34)/t11-,20?/m1/s1. The average Bonchev–Trinajstić information content (AvgIpc) is 3.14. The van der Waals surface area contributed by atoms with E-state index in [1.807, 2.05) is 0 Å². The van der Waals surface area contributed by atoms with E-state index in [-0.39, 0.29) is 17.1 Å². The first kappa shape index (κ1) is 25.4. The Morgan fingerprint density at radius 1 is 1.22 bits per heavy atom. The Morgan fingerprint density at radius 2 is 1.94 bits per heavy atom. The van der Waals surface area contributed by atoms with Gasteiger partial charge in [-0.2, -0.15) is 4.39 Å². The van der Waals surface area contributed by atoms with Crippen LogP contribution >= 0.6 is 0 Å². The average molecular weight is 509 g/mol. The Balaban J connectivity index is 1.43. The van der Waals surface area contributed by atoms with Crippen molar-refractivity contribution in [1.82, 2.24) is 25.0 Å². The first-order valence-electron chi connectivity index (χ1n) is 10.8. The third kappa shape index (κ3) is 5.28. The van der Waals surface area contributed by atoms with Gasteiger partial charge in [-0.15, -0.1) is 5.10 Å². The minimum Gasteiger partial charge on any atom is -0.351 e. The van der Waals surface area contributed by atoms with Gasteiger partial charge in [-0.05, 0) is 25.1 Å². The van der Waals surface area contributed by atoms with Crippen LogP contribution in [0.25, 0.3) is 11.4 Å². The number of aliphatic hydroxyl groups is 1. The van der Waals surface area contributed by atoms with E-state index in [1.54, 1.807) is 0 Å². The van der Waals surface area contributed by atoms with E-state index in [0.717, 1.165) is 12.3 Å². The molecular weight excluding hydrogens is 486 g/mol. The maximum absolute atomic E-state index is 13.9. The SMILES string of the molecule is C[C@@H](OC(O)Nc1c(-c2ccc(NC(=O)C3(C)CC(F)(F)C3)cn2)nnn1C)c1cc(F)cnc1F.